The first-order chi connectivity index (χ1) is 17.8. The van der Waals surface area contributed by atoms with Crippen molar-refractivity contribution in [2.24, 2.45) is 0 Å². The molecule has 1 aliphatic rings. The van der Waals surface area contributed by atoms with E-state index >= 15 is 0 Å². The topological polar surface area (TPSA) is 230 Å². The molecule has 0 fully saturated rings. The number of hydrogen-bond donors (Lipinski definition) is 8. The monoisotopic (exact) mass is 558 g/mol. The maximum absolute atomic E-state index is 13.0. The fourth-order valence-corrected chi connectivity index (χ4v) is 4.93. The SMILES string of the molecule is CCC1(C)Oc2cc(c([S+]([O-])CCO)cc2O)C(O)C(NC)C(=O)NC(C)C(=O)NC1C(=O)NCC(=O)O. The lowest BCUT2D eigenvalue weighted by atomic mass is 9.91. The maximum Gasteiger partial charge on any atom is 0.322 e. The number of aliphatic carboxylic acids is 1. The summed E-state index contributed by atoms with van der Waals surface area (Å²) in [5, 5.41) is 49.9. The van der Waals surface area contributed by atoms with Crippen LogP contribution in [0.3, 0.4) is 0 Å². The summed E-state index contributed by atoms with van der Waals surface area (Å²) in [7, 11) is 1.38. The predicted molar refractivity (Wildman–Crippen MR) is 134 cm³/mol. The van der Waals surface area contributed by atoms with E-state index in [0.717, 1.165) is 6.07 Å². The summed E-state index contributed by atoms with van der Waals surface area (Å²) >= 11 is -1.89. The van der Waals surface area contributed by atoms with Crippen LogP contribution in [-0.2, 0) is 30.4 Å². The Morgan fingerprint density at radius 1 is 1.24 bits per heavy atom. The minimum Gasteiger partial charge on any atom is -0.611 e. The third-order valence-corrected chi connectivity index (χ3v) is 7.61. The standard InChI is InChI=1S/C23H34N4O10S/c1-5-23(3)19(22(35)25-10-16(30)31)27-20(33)11(2)26-21(34)17(24-4)18(32)12-8-14(37-23)13(29)9-15(12)38(36)7-6-28/h8-9,11,17-19,24,28-29,32H,5-7,10H2,1-4H3,(H,25,35)(H,26,34)(H,27,33)(H,30,31). The number of nitrogens with one attached hydrogen (secondary N) is 4. The van der Waals surface area contributed by atoms with E-state index in [1.54, 1.807) is 6.92 Å². The Morgan fingerprint density at radius 2 is 1.89 bits per heavy atom. The second kappa shape index (κ2) is 13.1. The van der Waals surface area contributed by atoms with Crippen molar-refractivity contribution in [1.82, 2.24) is 21.3 Å². The molecule has 0 saturated carbocycles. The van der Waals surface area contributed by atoms with E-state index in [9.17, 15) is 39.1 Å². The molecule has 2 rings (SSSR count). The molecule has 1 heterocycles. The van der Waals surface area contributed by atoms with Gasteiger partial charge in [-0.05, 0) is 44.6 Å². The number of aliphatic hydroxyl groups is 2. The maximum atomic E-state index is 13.0. The van der Waals surface area contributed by atoms with E-state index in [4.69, 9.17) is 9.84 Å². The molecule has 2 bridgehead atoms. The highest BCUT2D eigenvalue weighted by Crippen LogP contribution is 2.39. The molecule has 0 aromatic heterocycles. The van der Waals surface area contributed by atoms with Gasteiger partial charge in [0.15, 0.2) is 16.4 Å². The minimum absolute atomic E-state index is 0.0596. The number of amides is 3. The number of fused-ring (bicyclic) bond motifs is 2. The number of carbonyl (C=O) groups is 4. The summed E-state index contributed by atoms with van der Waals surface area (Å²) in [6.07, 6.45) is -1.58. The summed E-state index contributed by atoms with van der Waals surface area (Å²) in [4.78, 5) is 50.0. The Hall–Kier alpha value is -3.11. The van der Waals surface area contributed by atoms with Gasteiger partial charge in [0.05, 0.1) is 6.61 Å². The lowest BCUT2D eigenvalue weighted by Crippen LogP contribution is -2.64. The molecule has 0 saturated heterocycles. The number of hydrogen-bond acceptors (Lipinski definition) is 10. The average molecular weight is 559 g/mol. The van der Waals surface area contributed by atoms with Crippen molar-refractivity contribution in [2.75, 3.05) is 26.0 Å². The van der Waals surface area contributed by atoms with Crippen molar-refractivity contribution >= 4 is 34.9 Å². The van der Waals surface area contributed by atoms with Gasteiger partial charge in [0.2, 0.25) is 17.7 Å². The van der Waals surface area contributed by atoms with Gasteiger partial charge in [-0.1, -0.05) is 6.92 Å². The number of phenolic OH excluding ortho intramolecular Hbond substituents is 1. The Bertz CT molecular complexity index is 1060. The van der Waals surface area contributed by atoms with Crippen LogP contribution in [0.2, 0.25) is 0 Å². The molecule has 38 heavy (non-hydrogen) atoms. The van der Waals surface area contributed by atoms with Gasteiger partial charge in [0.1, 0.15) is 42.1 Å². The van der Waals surface area contributed by atoms with Gasteiger partial charge in [-0.25, -0.2) is 0 Å². The number of carboxylic acid groups (broad SMARTS) is 1. The second-order valence-corrected chi connectivity index (χ2v) is 10.4. The van der Waals surface area contributed by atoms with Crippen molar-refractivity contribution in [3.05, 3.63) is 17.7 Å². The van der Waals surface area contributed by atoms with Gasteiger partial charge in [-0.3, -0.25) is 19.2 Å². The molecule has 0 radical (unpaired) electrons. The van der Waals surface area contributed by atoms with Crippen molar-refractivity contribution < 1.29 is 48.9 Å². The number of carbonyl (C=O) groups excluding carboxylic acids is 3. The summed E-state index contributed by atoms with van der Waals surface area (Å²) < 4.78 is 18.9. The quantitative estimate of drug-likeness (QED) is 0.161. The van der Waals surface area contributed by atoms with Gasteiger partial charge in [0.25, 0.3) is 0 Å². The Morgan fingerprint density at radius 3 is 2.45 bits per heavy atom. The molecule has 212 valence electrons. The van der Waals surface area contributed by atoms with Crippen molar-refractivity contribution in [2.45, 2.75) is 61.9 Å². The summed E-state index contributed by atoms with van der Waals surface area (Å²) in [5.41, 5.74) is -1.64. The van der Waals surface area contributed by atoms with Crippen LogP contribution >= 0.6 is 0 Å². The molecule has 1 aromatic carbocycles. The largest absolute Gasteiger partial charge is 0.611 e. The molecule has 8 N–H and O–H groups in total. The van der Waals surface area contributed by atoms with Gasteiger partial charge < -0.3 is 51.0 Å². The highest BCUT2D eigenvalue weighted by atomic mass is 32.2. The highest BCUT2D eigenvalue weighted by Gasteiger charge is 2.44. The molecule has 1 aromatic rings. The number of ether oxygens (including phenoxy) is 1. The normalized spacial score (nSPS) is 26.9. The Kier molecular flexibility index (Phi) is 10.7. The van der Waals surface area contributed by atoms with E-state index in [-0.39, 0.29) is 28.4 Å². The fourth-order valence-electron chi connectivity index (χ4n) is 3.86. The lowest BCUT2D eigenvalue weighted by Gasteiger charge is -2.37. The number of benzene rings is 1. The molecular weight excluding hydrogens is 524 g/mol. The van der Waals surface area contributed by atoms with E-state index in [2.05, 4.69) is 21.3 Å². The zero-order valence-electron chi connectivity index (χ0n) is 21.4. The first-order valence-corrected chi connectivity index (χ1v) is 13.1. The highest BCUT2D eigenvalue weighted by molar-refractivity contribution is 7.91. The minimum atomic E-state index is -1.89. The predicted octanol–water partition coefficient (Wildman–Crippen LogP) is -2.14. The zero-order chi connectivity index (χ0) is 28.8. The molecule has 0 aliphatic carbocycles. The van der Waals surface area contributed by atoms with Crippen LogP contribution in [0, 0.1) is 0 Å². The molecule has 15 heteroatoms. The van der Waals surface area contributed by atoms with Crippen molar-refractivity contribution in [1.29, 1.82) is 0 Å². The van der Waals surface area contributed by atoms with Crippen molar-refractivity contribution in [3.8, 4) is 11.5 Å². The summed E-state index contributed by atoms with van der Waals surface area (Å²) in [6.45, 7) is 3.22. The van der Waals surface area contributed by atoms with Crippen LogP contribution in [0.5, 0.6) is 11.5 Å². The van der Waals surface area contributed by atoms with Gasteiger partial charge in [-0.15, -0.1) is 0 Å². The van der Waals surface area contributed by atoms with E-state index < -0.39 is 83.6 Å². The van der Waals surface area contributed by atoms with Crippen LogP contribution in [0.15, 0.2) is 17.0 Å². The van der Waals surface area contributed by atoms with Gasteiger partial charge in [0, 0.05) is 11.6 Å². The average Bonchev–Trinajstić information content (AvgIpc) is 2.86. The van der Waals surface area contributed by atoms with E-state index in [1.807, 2.05) is 0 Å². The molecule has 6 atom stereocenters. The zero-order valence-corrected chi connectivity index (χ0v) is 22.3. The van der Waals surface area contributed by atoms with Crippen LogP contribution in [0.4, 0.5) is 0 Å². The molecular formula is C23H34N4O10S. The second-order valence-electron chi connectivity index (χ2n) is 8.89. The number of aromatic hydroxyl groups is 1. The van der Waals surface area contributed by atoms with Crippen molar-refractivity contribution in [3.63, 3.8) is 0 Å². The van der Waals surface area contributed by atoms with Crippen LogP contribution in [-0.4, -0.2) is 98.3 Å². The first kappa shape index (κ1) is 31.1. The Balaban J connectivity index is 2.75. The molecule has 1 aliphatic heterocycles. The molecule has 0 spiro atoms. The van der Waals surface area contributed by atoms with Crippen LogP contribution < -0.4 is 26.0 Å². The molecule has 3 amide bonds. The smallest absolute Gasteiger partial charge is 0.322 e. The summed E-state index contributed by atoms with van der Waals surface area (Å²) in [6, 6.07) is -1.80. The first-order valence-electron chi connectivity index (χ1n) is 11.8. The molecule has 14 nitrogen and oxygen atoms in total. The number of rotatable bonds is 8. The van der Waals surface area contributed by atoms with E-state index in [0.29, 0.717) is 0 Å². The number of likely N-dealkylation sites (N-methyl/N-ethyl adjacent to an activating group) is 1. The fraction of sp³-hybridized carbons (Fsp3) is 0.565. The Labute approximate surface area is 222 Å². The lowest BCUT2D eigenvalue weighted by molar-refractivity contribution is -0.140. The third-order valence-electron chi connectivity index (χ3n) is 6.21. The third kappa shape index (κ3) is 7.05. The van der Waals surface area contributed by atoms with Gasteiger partial charge in [-0.2, -0.15) is 0 Å². The number of aliphatic hydroxyl groups excluding tert-OH is 2. The molecule has 6 unspecified atom stereocenters. The van der Waals surface area contributed by atoms with E-state index in [1.165, 1.54) is 27.0 Å². The van der Waals surface area contributed by atoms with Crippen LogP contribution in [0.1, 0.15) is 38.9 Å². The number of carboxylic acids is 1. The van der Waals surface area contributed by atoms with Gasteiger partial charge >= 0.3 is 5.97 Å². The number of phenols is 1. The summed E-state index contributed by atoms with van der Waals surface area (Å²) in [5.74, 6) is -4.83. The van der Waals surface area contributed by atoms with Crippen LogP contribution in [0.25, 0.3) is 0 Å².